The van der Waals surface area contributed by atoms with Crippen molar-refractivity contribution in [3.63, 3.8) is 0 Å². The Balaban J connectivity index is 2.70. The average molecular weight is 226 g/mol. The van der Waals surface area contributed by atoms with Crippen LogP contribution in [0.25, 0.3) is 0 Å². The van der Waals surface area contributed by atoms with Gasteiger partial charge in [0.15, 0.2) is 0 Å². The SMILES string of the molecule is C=CCC(N)C(=O)N1CCCC[C@@H]1C(=O)O. The van der Waals surface area contributed by atoms with Crippen molar-refractivity contribution < 1.29 is 14.7 Å². The Morgan fingerprint density at radius 3 is 2.81 bits per heavy atom. The molecular weight excluding hydrogens is 208 g/mol. The summed E-state index contributed by atoms with van der Waals surface area (Å²) in [4.78, 5) is 24.3. The lowest BCUT2D eigenvalue weighted by molar-refractivity contribution is -0.152. The number of carbonyl (C=O) groups is 2. The number of carboxylic acids is 1. The molecule has 0 aromatic carbocycles. The largest absolute Gasteiger partial charge is 0.480 e. The van der Waals surface area contributed by atoms with Crippen molar-refractivity contribution in [1.29, 1.82) is 0 Å². The highest BCUT2D eigenvalue weighted by atomic mass is 16.4. The molecule has 5 nitrogen and oxygen atoms in total. The first-order valence-electron chi connectivity index (χ1n) is 5.47. The summed E-state index contributed by atoms with van der Waals surface area (Å²) >= 11 is 0. The summed E-state index contributed by atoms with van der Waals surface area (Å²) in [7, 11) is 0. The number of piperidine rings is 1. The third kappa shape index (κ3) is 2.82. The van der Waals surface area contributed by atoms with E-state index >= 15 is 0 Å². The maximum Gasteiger partial charge on any atom is 0.326 e. The van der Waals surface area contributed by atoms with Crippen molar-refractivity contribution in [2.24, 2.45) is 5.73 Å². The fraction of sp³-hybridized carbons (Fsp3) is 0.636. The number of carboxylic acid groups (broad SMARTS) is 1. The molecule has 2 atom stereocenters. The predicted octanol–water partition coefficient (Wildman–Crippen LogP) is 0.355. The van der Waals surface area contributed by atoms with Crippen LogP contribution in [-0.2, 0) is 9.59 Å². The molecule has 1 heterocycles. The predicted molar refractivity (Wildman–Crippen MR) is 59.8 cm³/mol. The number of amides is 1. The third-order valence-electron chi connectivity index (χ3n) is 2.81. The van der Waals surface area contributed by atoms with Crippen molar-refractivity contribution in [2.45, 2.75) is 37.8 Å². The molecule has 0 aliphatic carbocycles. The van der Waals surface area contributed by atoms with Crippen molar-refractivity contribution in [1.82, 2.24) is 4.90 Å². The number of nitrogens with two attached hydrogens (primary N) is 1. The van der Waals surface area contributed by atoms with E-state index in [1.54, 1.807) is 6.08 Å². The second kappa shape index (κ2) is 5.65. The summed E-state index contributed by atoms with van der Waals surface area (Å²) in [5.74, 6) is -1.23. The van der Waals surface area contributed by atoms with E-state index in [0.29, 0.717) is 19.4 Å². The first-order valence-corrected chi connectivity index (χ1v) is 5.47. The average Bonchev–Trinajstić information content (AvgIpc) is 2.28. The van der Waals surface area contributed by atoms with Gasteiger partial charge in [0.25, 0.3) is 0 Å². The third-order valence-corrected chi connectivity index (χ3v) is 2.81. The number of likely N-dealkylation sites (tertiary alicyclic amines) is 1. The first-order chi connectivity index (χ1) is 7.57. The molecule has 0 spiro atoms. The Bertz CT molecular complexity index is 291. The van der Waals surface area contributed by atoms with Gasteiger partial charge in [-0.15, -0.1) is 6.58 Å². The van der Waals surface area contributed by atoms with Crippen LogP contribution in [0.15, 0.2) is 12.7 Å². The molecule has 0 radical (unpaired) electrons. The smallest absolute Gasteiger partial charge is 0.326 e. The number of rotatable bonds is 4. The van der Waals surface area contributed by atoms with Gasteiger partial charge in [0.2, 0.25) is 5.91 Å². The molecule has 0 saturated carbocycles. The van der Waals surface area contributed by atoms with Gasteiger partial charge >= 0.3 is 5.97 Å². The van der Waals surface area contributed by atoms with Gasteiger partial charge in [-0.2, -0.15) is 0 Å². The van der Waals surface area contributed by atoms with E-state index in [-0.39, 0.29) is 5.91 Å². The lowest BCUT2D eigenvalue weighted by Crippen LogP contribution is -2.53. The first kappa shape index (κ1) is 12.7. The molecule has 1 amide bonds. The quantitative estimate of drug-likeness (QED) is 0.678. The standard InChI is InChI=1S/C11H18N2O3/c1-2-5-8(12)10(14)13-7-4-3-6-9(13)11(15)16/h2,8-9H,1,3-7,12H2,(H,15,16)/t8?,9-/m1/s1. The molecule has 1 aliphatic heterocycles. The Labute approximate surface area is 94.9 Å². The molecule has 1 aliphatic rings. The van der Waals surface area contributed by atoms with E-state index in [0.717, 1.165) is 12.8 Å². The summed E-state index contributed by atoms with van der Waals surface area (Å²) in [6.07, 6.45) is 4.15. The Kier molecular flexibility index (Phi) is 4.49. The summed E-state index contributed by atoms with van der Waals surface area (Å²) in [5, 5.41) is 9.01. The summed E-state index contributed by atoms with van der Waals surface area (Å²) < 4.78 is 0. The van der Waals surface area contributed by atoms with E-state index in [2.05, 4.69) is 6.58 Å². The Morgan fingerprint density at radius 2 is 2.25 bits per heavy atom. The highest BCUT2D eigenvalue weighted by molar-refractivity contribution is 5.87. The molecule has 0 aromatic rings. The number of aliphatic carboxylic acids is 1. The van der Waals surface area contributed by atoms with Crippen LogP contribution in [0.5, 0.6) is 0 Å². The topological polar surface area (TPSA) is 83.6 Å². The highest BCUT2D eigenvalue weighted by Crippen LogP contribution is 2.18. The number of hydrogen-bond donors (Lipinski definition) is 2. The van der Waals surface area contributed by atoms with Gasteiger partial charge in [0, 0.05) is 6.54 Å². The van der Waals surface area contributed by atoms with Crippen LogP contribution in [0.3, 0.4) is 0 Å². The van der Waals surface area contributed by atoms with E-state index in [1.807, 2.05) is 0 Å². The summed E-state index contributed by atoms with van der Waals surface area (Å²) in [5.41, 5.74) is 5.67. The van der Waals surface area contributed by atoms with Crippen molar-refractivity contribution in [2.75, 3.05) is 6.54 Å². The molecular formula is C11H18N2O3. The minimum Gasteiger partial charge on any atom is -0.480 e. The normalized spacial score (nSPS) is 22.6. The molecule has 0 bridgehead atoms. The lowest BCUT2D eigenvalue weighted by Gasteiger charge is -2.34. The molecule has 1 unspecified atom stereocenters. The molecule has 90 valence electrons. The van der Waals surface area contributed by atoms with Crippen LogP contribution in [0.1, 0.15) is 25.7 Å². The van der Waals surface area contributed by atoms with Gasteiger partial charge in [-0.05, 0) is 25.7 Å². The van der Waals surface area contributed by atoms with E-state index < -0.39 is 18.1 Å². The molecule has 5 heteroatoms. The van der Waals surface area contributed by atoms with Gasteiger partial charge in [-0.25, -0.2) is 4.79 Å². The second-order valence-electron chi connectivity index (χ2n) is 4.01. The zero-order valence-corrected chi connectivity index (χ0v) is 9.26. The maximum absolute atomic E-state index is 11.9. The van der Waals surface area contributed by atoms with Gasteiger partial charge in [0.05, 0.1) is 6.04 Å². The van der Waals surface area contributed by atoms with Crippen LogP contribution >= 0.6 is 0 Å². The fourth-order valence-corrected chi connectivity index (χ4v) is 1.95. The van der Waals surface area contributed by atoms with Crippen LogP contribution in [0.4, 0.5) is 0 Å². The molecule has 3 N–H and O–H groups in total. The van der Waals surface area contributed by atoms with Crippen LogP contribution < -0.4 is 5.73 Å². The summed E-state index contributed by atoms with van der Waals surface area (Å²) in [6.45, 7) is 4.00. The van der Waals surface area contributed by atoms with E-state index in [1.165, 1.54) is 4.90 Å². The van der Waals surface area contributed by atoms with Crippen molar-refractivity contribution >= 4 is 11.9 Å². The Morgan fingerprint density at radius 1 is 1.56 bits per heavy atom. The minimum absolute atomic E-state index is 0.285. The minimum atomic E-state index is -0.946. The van der Waals surface area contributed by atoms with E-state index in [9.17, 15) is 9.59 Å². The van der Waals surface area contributed by atoms with Crippen LogP contribution in [0.2, 0.25) is 0 Å². The maximum atomic E-state index is 11.9. The molecule has 1 rings (SSSR count). The van der Waals surface area contributed by atoms with Gasteiger partial charge < -0.3 is 15.7 Å². The van der Waals surface area contributed by atoms with Crippen molar-refractivity contribution in [3.8, 4) is 0 Å². The van der Waals surface area contributed by atoms with Crippen LogP contribution in [-0.4, -0.2) is 40.5 Å². The number of nitrogens with zero attached hydrogens (tertiary/aromatic N) is 1. The van der Waals surface area contributed by atoms with Gasteiger partial charge in [0.1, 0.15) is 6.04 Å². The number of hydrogen-bond acceptors (Lipinski definition) is 3. The van der Waals surface area contributed by atoms with Crippen molar-refractivity contribution in [3.05, 3.63) is 12.7 Å². The number of carbonyl (C=O) groups excluding carboxylic acids is 1. The van der Waals surface area contributed by atoms with Crippen LogP contribution in [0, 0.1) is 0 Å². The van der Waals surface area contributed by atoms with E-state index in [4.69, 9.17) is 10.8 Å². The zero-order chi connectivity index (χ0) is 12.1. The molecule has 0 aromatic heterocycles. The molecule has 16 heavy (non-hydrogen) atoms. The lowest BCUT2D eigenvalue weighted by atomic mass is 10.0. The Hall–Kier alpha value is -1.36. The van der Waals surface area contributed by atoms with Gasteiger partial charge in [-0.1, -0.05) is 6.08 Å². The summed E-state index contributed by atoms with van der Waals surface area (Å²) in [6, 6.07) is -1.38. The highest BCUT2D eigenvalue weighted by Gasteiger charge is 2.33. The second-order valence-corrected chi connectivity index (χ2v) is 4.01. The fourth-order valence-electron chi connectivity index (χ4n) is 1.95. The molecule has 1 saturated heterocycles. The molecule has 1 fully saturated rings. The van der Waals surface area contributed by atoms with Gasteiger partial charge in [-0.3, -0.25) is 4.79 Å². The zero-order valence-electron chi connectivity index (χ0n) is 9.26. The monoisotopic (exact) mass is 226 g/mol.